The maximum absolute atomic E-state index is 12.3. The van der Waals surface area contributed by atoms with Crippen LogP contribution >= 0.6 is 0 Å². The molecule has 2 atom stereocenters. The summed E-state index contributed by atoms with van der Waals surface area (Å²) in [6.45, 7) is 7.82. The summed E-state index contributed by atoms with van der Waals surface area (Å²) in [5, 5.41) is 0. The highest BCUT2D eigenvalue weighted by atomic mass is 16.2. The number of amides is 1. The first-order valence-electron chi connectivity index (χ1n) is 6.75. The molecule has 0 aromatic heterocycles. The first-order valence-corrected chi connectivity index (χ1v) is 6.75. The smallest absolute Gasteiger partial charge is 0.225 e. The van der Waals surface area contributed by atoms with Crippen LogP contribution in [0.2, 0.25) is 0 Å². The minimum absolute atomic E-state index is 0.115. The van der Waals surface area contributed by atoms with Gasteiger partial charge in [0.1, 0.15) is 0 Å². The molecule has 1 amide bonds. The van der Waals surface area contributed by atoms with Crippen molar-refractivity contribution in [3.8, 4) is 0 Å². The summed E-state index contributed by atoms with van der Waals surface area (Å²) in [4.78, 5) is 16.7. The van der Waals surface area contributed by atoms with Crippen molar-refractivity contribution in [3.63, 3.8) is 0 Å². The monoisotopic (exact) mass is 241 g/mol. The molecule has 0 aromatic rings. The second kappa shape index (κ2) is 6.97. The molecule has 4 heteroatoms. The largest absolute Gasteiger partial charge is 0.338 e. The zero-order valence-electron chi connectivity index (χ0n) is 11.5. The van der Waals surface area contributed by atoms with Gasteiger partial charge in [-0.1, -0.05) is 6.92 Å². The van der Waals surface area contributed by atoms with Gasteiger partial charge in [0.2, 0.25) is 5.91 Å². The fourth-order valence-electron chi connectivity index (χ4n) is 2.53. The average molecular weight is 241 g/mol. The van der Waals surface area contributed by atoms with Gasteiger partial charge in [-0.15, -0.1) is 0 Å². The van der Waals surface area contributed by atoms with Crippen molar-refractivity contribution < 1.29 is 4.79 Å². The third kappa shape index (κ3) is 4.28. The molecule has 1 aliphatic heterocycles. The maximum Gasteiger partial charge on any atom is 0.225 e. The van der Waals surface area contributed by atoms with E-state index in [1.165, 1.54) is 0 Å². The molecular weight excluding hydrogens is 214 g/mol. The number of carbonyl (C=O) groups excluding carboxylic acids is 1. The molecule has 100 valence electrons. The second-order valence-corrected chi connectivity index (χ2v) is 5.33. The molecule has 2 N–H and O–H groups in total. The maximum atomic E-state index is 12.3. The minimum Gasteiger partial charge on any atom is -0.338 e. The van der Waals surface area contributed by atoms with Crippen LogP contribution in [0.5, 0.6) is 0 Å². The van der Waals surface area contributed by atoms with Crippen molar-refractivity contribution in [1.29, 1.82) is 0 Å². The number of carbonyl (C=O) groups is 1. The van der Waals surface area contributed by atoms with E-state index < -0.39 is 0 Å². The third-order valence-electron chi connectivity index (χ3n) is 3.59. The fraction of sp³-hybridized carbons (Fsp3) is 0.923. The van der Waals surface area contributed by atoms with Crippen LogP contribution in [0.25, 0.3) is 0 Å². The summed E-state index contributed by atoms with van der Waals surface area (Å²) in [6, 6.07) is 0.329. The quantitative estimate of drug-likeness (QED) is 0.796. The van der Waals surface area contributed by atoms with Gasteiger partial charge in [-0.25, -0.2) is 0 Å². The van der Waals surface area contributed by atoms with Gasteiger partial charge in [0.05, 0.1) is 0 Å². The average Bonchev–Trinajstić information content (AvgIpc) is 2.46. The Labute approximate surface area is 105 Å². The van der Waals surface area contributed by atoms with Crippen LogP contribution in [-0.4, -0.2) is 55.0 Å². The Bertz CT molecular complexity index is 245. The molecule has 0 radical (unpaired) electrons. The zero-order valence-corrected chi connectivity index (χ0v) is 11.5. The molecule has 1 rings (SSSR count). The number of nitrogens with zero attached hydrogens (tertiary/aromatic N) is 2. The molecule has 2 unspecified atom stereocenters. The van der Waals surface area contributed by atoms with E-state index >= 15 is 0 Å². The van der Waals surface area contributed by atoms with Gasteiger partial charge >= 0.3 is 0 Å². The van der Waals surface area contributed by atoms with Gasteiger partial charge < -0.3 is 15.5 Å². The van der Waals surface area contributed by atoms with Crippen molar-refractivity contribution in [3.05, 3.63) is 0 Å². The lowest BCUT2D eigenvalue weighted by molar-refractivity contribution is -0.137. The van der Waals surface area contributed by atoms with E-state index in [-0.39, 0.29) is 5.92 Å². The van der Waals surface area contributed by atoms with E-state index in [4.69, 9.17) is 5.73 Å². The van der Waals surface area contributed by atoms with Crippen LogP contribution in [0, 0.1) is 5.92 Å². The topological polar surface area (TPSA) is 49.6 Å². The van der Waals surface area contributed by atoms with Crippen LogP contribution in [-0.2, 0) is 4.79 Å². The number of rotatable bonds is 4. The molecule has 0 saturated carbocycles. The Kier molecular flexibility index (Phi) is 5.92. The van der Waals surface area contributed by atoms with E-state index in [1.54, 1.807) is 0 Å². The molecular formula is C13H27N3O. The van der Waals surface area contributed by atoms with Crippen LogP contribution in [0.3, 0.4) is 0 Å². The molecule has 0 aromatic carbocycles. The van der Waals surface area contributed by atoms with E-state index in [0.717, 1.165) is 38.9 Å². The van der Waals surface area contributed by atoms with Gasteiger partial charge in [0, 0.05) is 25.0 Å². The molecule has 1 fully saturated rings. The van der Waals surface area contributed by atoms with Crippen molar-refractivity contribution in [1.82, 2.24) is 9.80 Å². The highest BCUT2D eigenvalue weighted by Gasteiger charge is 2.26. The van der Waals surface area contributed by atoms with Crippen molar-refractivity contribution in [2.45, 2.75) is 39.2 Å². The van der Waals surface area contributed by atoms with Crippen LogP contribution in [0.4, 0.5) is 0 Å². The van der Waals surface area contributed by atoms with Crippen molar-refractivity contribution >= 4 is 5.91 Å². The number of hydrogen-bond donors (Lipinski definition) is 1. The molecule has 4 nitrogen and oxygen atoms in total. The zero-order chi connectivity index (χ0) is 12.8. The van der Waals surface area contributed by atoms with E-state index in [9.17, 15) is 4.79 Å². The molecule has 1 aliphatic rings. The van der Waals surface area contributed by atoms with E-state index in [1.807, 2.05) is 6.92 Å². The molecule has 1 saturated heterocycles. The number of hydrogen-bond acceptors (Lipinski definition) is 3. The lowest BCUT2D eigenvalue weighted by Crippen LogP contribution is -2.44. The normalized spacial score (nSPS) is 24.5. The standard InChI is InChI=1S/C13H27N3O/c1-11(6-4-7-14)13(17)16-9-5-8-15(3)10-12(16)2/h11-12H,4-10,14H2,1-3H3. The molecule has 1 heterocycles. The predicted molar refractivity (Wildman–Crippen MR) is 70.7 cm³/mol. The summed E-state index contributed by atoms with van der Waals surface area (Å²) in [6.07, 6.45) is 2.93. The molecule has 0 bridgehead atoms. The summed E-state index contributed by atoms with van der Waals surface area (Å²) < 4.78 is 0. The van der Waals surface area contributed by atoms with Gasteiger partial charge in [0.15, 0.2) is 0 Å². The third-order valence-corrected chi connectivity index (χ3v) is 3.59. The molecule has 0 aliphatic carbocycles. The lowest BCUT2D eigenvalue weighted by atomic mass is 10.0. The van der Waals surface area contributed by atoms with Gasteiger partial charge in [-0.05, 0) is 46.3 Å². The Balaban J connectivity index is 2.54. The Morgan fingerprint density at radius 2 is 2.18 bits per heavy atom. The van der Waals surface area contributed by atoms with Gasteiger partial charge in [0.25, 0.3) is 0 Å². The number of nitrogens with two attached hydrogens (primary N) is 1. The van der Waals surface area contributed by atoms with E-state index in [2.05, 4.69) is 23.8 Å². The van der Waals surface area contributed by atoms with Crippen LogP contribution in [0.15, 0.2) is 0 Å². The molecule has 17 heavy (non-hydrogen) atoms. The fourth-order valence-corrected chi connectivity index (χ4v) is 2.53. The summed E-state index contributed by atoms with van der Waals surface area (Å²) >= 11 is 0. The molecule has 0 spiro atoms. The van der Waals surface area contributed by atoms with E-state index in [0.29, 0.717) is 18.5 Å². The Morgan fingerprint density at radius 1 is 1.47 bits per heavy atom. The van der Waals surface area contributed by atoms with Gasteiger partial charge in [-0.3, -0.25) is 4.79 Å². The predicted octanol–water partition coefficient (Wildman–Crippen LogP) is 0.914. The van der Waals surface area contributed by atoms with Crippen LogP contribution < -0.4 is 5.73 Å². The lowest BCUT2D eigenvalue weighted by Gasteiger charge is -2.30. The second-order valence-electron chi connectivity index (χ2n) is 5.33. The minimum atomic E-state index is 0.115. The summed E-state index contributed by atoms with van der Waals surface area (Å²) in [7, 11) is 2.13. The highest BCUT2D eigenvalue weighted by Crippen LogP contribution is 2.15. The highest BCUT2D eigenvalue weighted by molar-refractivity contribution is 5.78. The first-order chi connectivity index (χ1) is 8.06. The summed E-state index contributed by atoms with van der Waals surface area (Å²) in [5.74, 6) is 0.422. The Hall–Kier alpha value is -0.610. The first kappa shape index (κ1) is 14.5. The van der Waals surface area contributed by atoms with Crippen molar-refractivity contribution in [2.24, 2.45) is 11.7 Å². The van der Waals surface area contributed by atoms with Crippen LogP contribution in [0.1, 0.15) is 33.1 Å². The van der Waals surface area contributed by atoms with Gasteiger partial charge in [-0.2, -0.15) is 0 Å². The number of likely N-dealkylation sites (N-methyl/N-ethyl adjacent to an activating group) is 1. The SMILES string of the molecule is CC(CCCN)C(=O)N1CCCN(C)CC1C. The summed E-state index contributed by atoms with van der Waals surface area (Å²) in [5.41, 5.74) is 5.49. The van der Waals surface area contributed by atoms with Crippen molar-refractivity contribution in [2.75, 3.05) is 33.2 Å². The Morgan fingerprint density at radius 3 is 2.82 bits per heavy atom.